The summed E-state index contributed by atoms with van der Waals surface area (Å²) in [6, 6.07) is 1.83. The Kier molecular flexibility index (Phi) is 4.50. The maximum atomic E-state index is 12.5. The zero-order valence-corrected chi connectivity index (χ0v) is 15.2. The second-order valence-electron chi connectivity index (χ2n) is 6.36. The molecule has 0 aliphatic carbocycles. The summed E-state index contributed by atoms with van der Waals surface area (Å²) < 4.78 is 63.8. The summed E-state index contributed by atoms with van der Waals surface area (Å²) in [5.74, 6) is 0.645. The molecule has 4 rings (SSSR count). The van der Waals surface area contributed by atoms with Gasteiger partial charge in [0.05, 0.1) is 11.8 Å². The maximum absolute atomic E-state index is 12.5. The first-order valence-corrected chi connectivity index (χ1v) is 9.88. The third-order valence-electron chi connectivity index (χ3n) is 4.48. The van der Waals surface area contributed by atoms with Crippen molar-refractivity contribution in [1.29, 1.82) is 0 Å². The van der Waals surface area contributed by atoms with Crippen LogP contribution in [0.4, 0.5) is 19.0 Å². The van der Waals surface area contributed by atoms with Gasteiger partial charge in [-0.2, -0.15) is 18.3 Å². The number of halogens is 3. The summed E-state index contributed by atoms with van der Waals surface area (Å²) in [7, 11) is -4.18. The smallest absolute Gasteiger partial charge is 0.351 e. The van der Waals surface area contributed by atoms with Crippen molar-refractivity contribution < 1.29 is 21.6 Å². The molecule has 9 nitrogen and oxygen atoms in total. The summed E-state index contributed by atoms with van der Waals surface area (Å²) in [5, 5.41) is 7.04. The molecule has 0 saturated heterocycles. The van der Waals surface area contributed by atoms with Gasteiger partial charge in [0.15, 0.2) is 5.03 Å². The van der Waals surface area contributed by atoms with E-state index in [2.05, 4.69) is 25.1 Å². The van der Waals surface area contributed by atoms with Crippen LogP contribution in [0.15, 0.2) is 23.6 Å². The standard InChI is InChI=1S/C15H16F3N7O2S/c16-15(17,18)3-5-22-28(26,27)14-10-7-25(6-2-11(10)23-24-14)13-9-1-4-19-12(9)20-8-21-13/h1,4,8,22H,2-3,5-7H2,(H,23,24)(H,19,20,21). The van der Waals surface area contributed by atoms with Crippen molar-refractivity contribution in [3.63, 3.8) is 0 Å². The third-order valence-corrected chi connectivity index (χ3v) is 5.91. The molecule has 0 spiro atoms. The Morgan fingerprint density at radius 2 is 2.11 bits per heavy atom. The number of anilines is 1. The maximum Gasteiger partial charge on any atom is 0.390 e. The minimum absolute atomic E-state index is 0.207. The van der Waals surface area contributed by atoms with Crippen molar-refractivity contribution in [2.24, 2.45) is 0 Å². The summed E-state index contributed by atoms with van der Waals surface area (Å²) in [6.07, 6.45) is -2.06. The van der Waals surface area contributed by atoms with Gasteiger partial charge in [-0.1, -0.05) is 0 Å². The molecule has 3 N–H and O–H groups in total. The van der Waals surface area contributed by atoms with Crippen LogP contribution in [-0.2, 0) is 23.0 Å². The zero-order chi connectivity index (χ0) is 19.9. The Hall–Kier alpha value is -2.67. The predicted octanol–water partition coefficient (Wildman–Crippen LogP) is 1.47. The topological polar surface area (TPSA) is 120 Å². The van der Waals surface area contributed by atoms with Crippen molar-refractivity contribution in [2.75, 3.05) is 18.0 Å². The Balaban J connectivity index is 1.59. The monoisotopic (exact) mass is 415 g/mol. The van der Waals surface area contributed by atoms with Gasteiger partial charge in [0.25, 0.3) is 10.0 Å². The van der Waals surface area contributed by atoms with Crippen LogP contribution in [0.25, 0.3) is 11.0 Å². The lowest BCUT2D eigenvalue weighted by Crippen LogP contribution is -2.33. The molecule has 0 amide bonds. The lowest BCUT2D eigenvalue weighted by molar-refractivity contribution is -0.132. The van der Waals surface area contributed by atoms with Crippen molar-refractivity contribution in [1.82, 2.24) is 29.9 Å². The van der Waals surface area contributed by atoms with E-state index in [0.29, 0.717) is 35.7 Å². The van der Waals surface area contributed by atoms with Crippen LogP contribution < -0.4 is 9.62 Å². The molecule has 1 aliphatic heterocycles. The van der Waals surface area contributed by atoms with E-state index < -0.39 is 29.2 Å². The molecule has 0 radical (unpaired) electrons. The molecule has 3 aromatic heterocycles. The number of hydrogen-bond acceptors (Lipinski definition) is 6. The number of sulfonamides is 1. The van der Waals surface area contributed by atoms with Crippen molar-refractivity contribution >= 4 is 26.9 Å². The quantitative estimate of drug-likeness (QED) is 0.581. The fourth-order valence-electron chi connectivity index (χ4n) is 3.18. The molecule has 4 heterocycles. The van der Waals surface area contributed by atoms with Crippen LogP contribution in [0.3, 0.4) is 0 Å². The highest BCUT2D eigenvalue weighted by Crippen LogP contribution is 2.30. The summed E-state index contributed by atoms with van der Waals surface area (Å²) >= 11 is 0. The number of aromatic amines is 2. The van der Waals surface area contributed by atoms with Crippen LogP contribution in [-0.4, -0.2) is 52.8 Å². The molecule has 0 unspecified atom stereocenters. The molecular weight excluding hydrogens is 399 g/mol. The second-order valence-corrected chi connectivity index (χ2v) is 8.04. The lowest BCUT2D eigenvalue weighted by Gasteiger charge is -2.28. The molecular formula is C15H16F3N7O2S. The van der Waals surface area contributed by atoms with Crippen LogP contribution in [0.2, 0.25) is 0 Å². The Bertz CT molecular complexity index is 1110. The highest BCUT2D eigenvalue weighted by molar-refractivity contribution is 7.89. The average molecular weight is 415 g/mol. The molecule has 150 valence electrons. The van der Waals surface area contributed by atoms with E-state index in [1.807, 2.05) is 15.7 Å². The minimum atomic E-state index is -4.45. The molecule has 13 heteroatoms. The number of H-pyrrole nitrogens is 2. The molecule has 0 aromatic carbocycles. The van der Waals surface area contributed by atoms with Crippen molar-refractivity contribution in [2.45, 2.75) is 30.6 Å². The van der Waals surface area contributed by atoms with Gasteiger partial charge < -0.3 is 9.88 Å². The van der Waals surface area contributed by atoms with Gasteiger partial charge in [0.1, 0.15) is 17.8 Å². The summed E-state index contributed by atoms with van der Waals surface area (Å²) in [5.41, 5.74) is 1.73. The van der Waals surface area contributed by atoms with E-state index in [1.165, 1.54) is 6.33 Å². The normalized spacial score (nSPS) is 15.2. The third kappa shape index (κ3) is 3.54. The summed E-state index contributed by atoms with van der Waals surface area (Å²) in [6.45, 7) is 0.0409. The van der Waals surface area contributed by atoms with Crippen molar-refractivity contribution in [3.05, 3.63) is 29.8 Å². The van der Waals surface area contributed by atoms with E-state index in [4.69, 9.17) is 0 Å². The molecule has 0 atom stereocenters. The Labute approximate surface area is 157 Å². The van der Waals surface area contributed by atoms with Crippen molar-refractivity contribution in [3.8, 4) is 0 Å². The van der Waals surface area contributed by atoms with E-state index >= 15 is 0 Å². The molecule has 0 bridgehead atoms. The van der Waals surface area contributed by atoms with E-state index in [1.54, 1.807) is 6.20 Å². The number of alkyl halides is 3. The number of fused-ring (bicyclic) bond motifs is 2. The van der Waals surface area contributed by atoms with E-state index in [-0.39, 0.29) is 11.6 Å². The highest BCUT2D eigenvalue weighted by atomic mass is 32.2. The van der Waals surface area contributed by atoms with Crippen LogP contribution in [0, 0.1) is 0 Å². The molecule has 28 heavy (non-hydrogen) atoms. The van der Waals surface area contributed by atoms with Crippen LogP contribution in [0.5, 0.6) is 0 Å². The van der Waals surface area contributed by atoms with E-state index in [9.17, 15) is 21.6 Å². The number of rotatable bonds is 5. The molecule has 3 aromatic rings. The summed E-state index contributed by atoms with van der Waals surface area (Å²) in [4.78, 5) is 13.3. The Morgan fingerprint density at radius 3 is 2.89 bits per heavy atom. The van der Waals surface area contributed by atoms with Crippen LogP contribution in [0.1, 0.15) is 17.7 Å². The van der Waals surface area contributed by atoms with Gasteiger partial charge >= 0.3 is 6.18 Å². The lowest BCUT2D eigenvalue weighted by atomic mass is 10.1. The molecule has 1 aliphatic rings. The largest absolute Gasteiger partial charge is 0.390 e. The predicted molar refractivity (Wildman–Crippen MR) is 93.1 cm³/mol. The minimum Gasteiger partial charge on any atom is -0.351 e. The van der Waals surface area contributed by atoms with Gasteiger partial charge in [0, 0.05) is 43.5 Å². The number of aromatic nitrogens is 5. The number of nitrogens with one attached hydrogen (secondary N) is 3. The van der Waals surface area contributed by atoms with Gasteiger partial charge in [-0.05, 0) is 6.07 Å². The first kappa shape index (κ1) is 18.7. The Morgan fingerprint density at radius 1 is 1.29 bits per heavy atom. The van der Waals surface area contributed by atoms with Gasteiger partial charge in [-0.3, -0.25) is 5.10 Å². The van der Waals surface area contributed by atoms with Gasteiger partial charge in [-0.25, -0.2) is 23.1 Å². The van der Waals surface area contributed by atoms with Crippen LogP contribution >= 0.6 is 0 Å². The van der Waals surface area contributed by atoms with Gasteiger partial charge in [-0.15, -0.1) is 0 Å². The number of hydrogen-bond donors (Lipinski definition) is 3. The fourth-order valence-corrected chi connectivity index (χ4v) is 4.36. The first-order valence-electron chi connectivity index (χ1n) is 8.40. The average Bonchev–Trinajstić information content (AvgIpc) is 3.26. The molecule has 0 fully saturated rings. The number of nitrogens with zero attached hydrogens (tertiary/aromatic N) is 4. The zero-order valence-electron chi connectivity index (χ0n) is 14.4. The second kappa shape index (κ2) is 6.74. The fraction of sp³-hybridized carbons (Fsp3) is 0.400. The SMILES string of the molecule is O=S(=O)(NCCC(F)(F)F)c1n[nH]c2c1CN(c1ncnc3[nH]ccc13)CC2. The first-order chi connectivity index (χ1) is 13.2. The highest BCUT2D eigenvalue weighted by Gasteiger charge is 2.32. The van der Waals surface area contributed by atoms with Gasteiger partial charge in [0.2, 0.25) is 0 Å². The van der Waals surface area contributed by atoms with E-state index in [0.717, 1.165) is 5.39 Å². The molecule has 0 saturated carbocycles.